The fraction of sp³-hybridized carbons (Fsp3) is 0.500. The standard InChI is InChI=1S/C14H19IN2O/c1-10(14(18)17-12-6-2-3-7-12)16-13-8-4-5-11(15)9-13/h4-5,8-10,12,16H,2-3,6-7H2,1H3,(H,17,18)/t10-/m0/s1. The van der Waals surface area contributed by atoms with Crippen molar-refractivity contribution in [3.05, 3.63) is 27.8 Å². The van der Waals surface area contributed by atoms with Crippen LogP contribution < -0.4 is 10.6 Å². The van der Waals surface area contributed by atoms with E-state index in [0.717, 1.165) is 18.5 Å². The summed E-state index contributed by atoms with van der Waals surface area (Å²) in [6.45, 7) is 1.91. The van der Waals surface area contributed by atoms with Crippen LogP contribution in [0.25, 0.3) is 0 Å². The highest BCUT2D eigenvalue weighted by Crippen LogP contribution is 2.18. The summed E-state index contributed by atoms with van der Waals surface area (Å²) < 4.78 is 1.17. The number of hydrogen-bond acceptors (Lipinski definition) is 2. The van der Waals surface area contributed by atoms with Gasteiger partial charge in [-0.25, -0.2) is 0 Å². The van der Waals surface area contributed by atoms with Crippen molar-refractivity contribution in [2.75, 3.05) is 5.32 Å². The highest BCUT2D eigenvalue weighted by atomic mass is 127. The summed E-state index contributed by atoms with van der Waals surface area (Å²) in [7, 11) is 0. The monoisotopic (exact) mass is 358 g/mol. The van der Waals surface area contributed by atoms with Gasteiger partial charge in [0, 0.05) is 15.3 Å². The molecule has 98 valence electrons. The van der Waals surface area contributed by atoms with Gasteiger partial charge in [-0.15, -0.1) is 0 Å². The van der Waals surface area contributed by atoms with Crippen LogP contribution in [-0.2, 0) is 4.79 Å². The quantitative estimate of drug-likeness (QED) is 0.812. The summed E-state index contributed by atoms with van der Waals surface area (Å²) in [5, 5.41) is 6.35. The van der Waals surface area contributed by atoms with Gasteiger partial charge in [0.05, 0.1) is 0 Å². The molecule has 3 nitrogen and oxygen atoms in total. The fourth-order valence-electron chi connectivity index (χ4n) is 2.29. The second kappa shape index (κ2) is 6.41. The summed E-state index contributed by atoms with van der Waals surface area (Å²) in [6.07, 6.45) is 4.73. The molecule has 4 heteroatoms. The average molecular weight is 358 g/mol. The second-order valence-electron chi connectivity index (χ2n) is 4.87. The first-order chi connectivity index (χ1) is 8.65. The molecule has 0 aromatic heterocycles. The van der Waals surface area contributed by atoms with Crippen molar-refractivity contribution in [3.8, 4) is 0 Å². The van der Waals surface area contributed by atoms with E-state index in [1.165, 1.54) is 16.4 Å². The fourth-order valence-corrected chi connectivity index (χ4v) is 2.83. The molecule has 0 bridgehead atoms. The second-order valence-corrected chi connectivity index (χ2v) is 6.11. The van der Waals surface area contributed by atoms with Crippen molar-refractivity contribution >= 4 is 34.2 Å². The molecule has 1 amide bonds. The van der Waals surface area contributed by atoms with Crippen LogP contribution in [0.4, 0.5) is 5.69 Å². The Kier molecular flexibility index (Phi) is 4.86. The molecule has 1 aliphatic rings. The predicted molar refractivity (Wildman–Crippen MR) is 82.6 cm³/mol. The van der Waals surface area contributed by atoms with Crippen LogP contribution >= 0.6 is 22.6 Å². The van der Waals surface area contributed by atoms with Crippen molar-refractivity contribution in [2.24, 2.45) is 0 Å². The van der Waals surface area contributed by atoms with Crippen molar-refractivity contribution in [1.29, 1.82) is 0 Å². The summed E-state index contributed by atoms with van der Waals surface area (Å²) in [6, 6.07) is 8.25. The smallest absolute Gasteiger partial charge is 0.242 e. The number of halogens is 1. The van der Waals surface area contributed by atoms with Crippen LogP contribution in [0.1, 0.15) is 32.6 Å². The highest BCUT2D eigenvalue weighted by Gasteiger charge is 2.20. The first kappa shape index (κ1) is 13.6. The van der Waals surface area contributed by atoms with Gasteiger partial charge in [0.2, 0.25) is 5.91 Å². The van der Waals surface area contributed by atoms with E-state index in [2.05, 4.69) is 33.2 Å². The maximum atomic E-state index is 12.0. The van der Waals surface area contributed by atoms with Crippen LogP contribution in [-0.4, -0.2) is 18.0 Å². The van der Waals surface area contributed by atoms with Crippen LogP contribution in [0, 0.1) is 3.57 Å². The zero-order chi connectivity index (χ0) is 13.0. The number of carbonyl (C=O) groups excluding carboxylic acids is 1. The lowest BCUT2D eigenvalue weighted by Gasteiger charge is -2.18. The van der Waals surface area contributed by atoms with E-state index < -0.39 is 0 Å². The van der Waals surface area contributed by atoms with Gasteiger partial charge in [-0.2, -0.15) is 0 Å². The van der Waals surface area contributed by atoms with E-state index in [0.29, 0.717) is 6.04 Å². The molecule has 0 saturated heterocycles. The molecule has 0 aliphatic heterocycles. The summed E-state index contributed by atoms with van der Waals surface area (Å²) >= 11 is 2.27. The van der Waals surface area contributed by atoms with Crippen molar-refractivity contribution in [2.45, 2.75) is 44.7 Å². The van der Waals surface area contributed by atoms with Crippen molar-refractivity contribution in [1.82, 2.24) is 5.32 Å². The average Bonchev–Trinajstić information content (AvgIpc) is 2.81. The Morgan fingerprint density at radius 3 is 2.78 bits per heavy atom. The number of hydrogen-bond donors (Lipinski definition) is 2. The molecule has 0 heterocycles. The Hall–Kier alpha value is -0.780. The van der Waals surface area contributed by atoms with Crippen molar-refractivity contribution in [3.63, 3.8) is 0 Å². The molecule has 1 fully saturated rings. The third-order valence-corrected chi connectivity index (χ3v) is 3.97. The van der Waals surface area contributed by atoms with Crippen LogP contribution in [0.3, 0.4) is 0 Å². The SMILES string of the molecule is C[C@H](Nc1cccc(I)c1)C(=O)NC1CCCC1. The number of benzene rings is 1. The predicted octanol–water partition coefficient (Wildman–Crippen LogP) is 3.15. The maximum Gasteiger partial charge on any atom is 0.242 e. The molecule has 1 aliphatic carbocycles. The van der Waals surface area contributed by atoms with E-state index in [-0.39, 0.29) is 11.9 Å². The summed E-state index contributed by atoms with van der Waals surface area (Å²) in [5.41, 5.74) is 0.996. The number of rotatable bonds is 4. The first-order valence-electron chi connectivity index (χ1n) is 6.47. The molecule has 1 atom stereocenters. The topological polar surface area (TPSA) is 41.1 Å². The minimum Gasteiger partial charge on any atom is -0.374 e. The Balaban J connectivity index is 1.86. The molecule has 0 spiro atoms. The Labute approximate surface area is 122 Å². The first-order valence-corrected chi connectivity index (χ1v) is 7.55. The Bertz CT molecular complexity index is 416. The minimum absolute atomic E-state index is 0.0979. The normalized spacial score (nSPS) is 17.4. The molecular formula is C14H19IN2O. The van der Waals surface area contributed by atoms with Gasteiger partial charge in [-0.1, -0.05) is 18.9 Å². The summed E-state index contributed by atoms with van der Waals surface area (Å²) in [4.78, 5) is 12.0. The van der Waals surface area contributed by atoms with Crippen LogP contribution in [0.2, 0.25) is 0 Å². The van der Waals surface area contributed by atoms with E-state index in [1.807, 2.05) is 31.2 Å². The maximum absolute atomic E-state index is 12.0. The lowest BCUT2D eigenvalue weighted by molar-refractivity contribution is -0.122. The molecule has 1 aromatic carbocycles. The van der Waals surface area contributed by atoms with Gasteiger partial charge < -0.3 is 10.6 Å². The van der Waals surface area contributed by atoms with Gasteiger partial charge in [0.25, 0.3) is 0 Å². The number of anilines is 1. The highest BCUT2D eigenvalue weighted by molar-refractivity contribution is 14.1. The van der Waals surface area contributed by atoms with E-state index >= 15 is 0 Å². The summed E-state index contributed by atoms with van der Waals surface area (Å²) in [5.74, 6) is 0.0979. The van der Waals surface area contributed by atoms with Gasteiger partial charge in [0.1, 0.15) is 6.04 Å². The minimum atomic E-state index is -0.191. The van der Waals surface area contributed by atoms with Gasteiger partial charge >= 0.3 is 0 Å². The van der Waals surface area contributed by atoms with Crippen LogP contribution in [0.5, 0.6) is 0 Å². The third-order valence-electron chi connectivity index (χ3n) is 3.30. The molecule has 0 unspecified atom stereocenters. The lowest BCUT2D eigenvalue weighted by Crippen LogP contribution is -2.42. The molecule has 2 N–H and O–H groups in total. The Morgan fingerprint density at radius 2 is 2.11 bits per heavy atom. The van der Waals surface area contributed by atoms with Crippen molar-refractivity contribution < 1.29 is 4.79 Å². The van der Waals surface area contributed by atoms with Gasteiger partial charge in [0.15, 0.2) is 0 Å². The molecule has 1 aromatic rings. The number of amides is 1. The van der Waals surface area contributed by atoms with E-state index in [1.54, 1.807) is 0 Å². The van der Waals surface area contributed by atoms with Gasteiger partial charge in [-0.05, 0) is 60.6 Å². The van der Waals surface area contributed by atoms with Gasteiger partial charge in [-0.3, -0.25) is 4.79 Å². The van der Waals surface area contributed by atoms with Crippen LogP contribution in [0.15, 0.2) is 24.3 Å². The zero-order valence-electron chi connectivity index (χ0n) is 10.6. The van der Waals surface area contributed by atoms with E-state index in [4.69, 9.17) is 0 Å². The molecular weight excluding hydrogens is 339 g/mol. The zero-order valence-corrected chi connectivity index (χ0v) is 12.7. The molecule has 1 saturated carbocycles. The Morgan fingerprint density at radius 1 is 1.39 bits per heavy atom. The lowest BCUT2D eigenvalue weighted by atomic mass is 10.2. The molecule has 0 radical (unpaired) electrons. The number of nitrogens with one attached hydrogen (secondary N) is 2. The largest absolute Gasteiger partial charge is 0.374 e. The third kappa shape index (κ3) is 3.86. The number of carbonyl (C=O) groups is 1. The van der Waals surface area contributed by atoms with E-state index in [9.17, 15) is 4.79 Å². The molecule has 2 rings (SSSR count). The molecule has 18 heavy (non-hydrogen) atoms.